The van der Waals surface area contributed by atoms with E-state index in [1.807, 2.05) is 38.1 Å². The third-order valence-corrected chi connectivity index (χ3v) is 2.49. The van der Waals surface area contributed by atoms with Gasteiger partial charge in [0.1, 0.15) is 0 Å². The lowest BCUT2D eigenvalue weighted by Crippen LogP contribution is -2.00. The Hall–Kier alpha value is -1.31. The molecule has 1 aromatic rings. The first-order valence-electron chi connectivity index (χ1n) is 4.88. The van der Waals surface area contributed by atoms with Gasteiger partial charge in [-0.2, -0.15) is 0 Å². The minimum Gasteiger partial charge on any atom is -0.456 e. The lowest BCUT2D eigenvalue weighted by Gasteiger charge is -1.94. The van der Waals surface area contributed by atoms with Gasteiger partial charge in [-0.3, -0.25) is 0 Å². The molecule has 80 valence electrons. The molecule has 0 aliphatic rings. The van der Waals surface area contributed by atoms with Crippen LogP contribution in [0.25, 0.3) is 0 Å². The molecule has 0 aromatic heterocycles. The maximum atomic E-state index is 11.1. The molecule has 0 atom stereocenters. The molecule has 0 aliphatic heterocycles. The fourth-order valence-corrected chi connectivity index (χ4v) is 1.46. The Kier molecular flexibility index (Phi) is 4.88. The van der Waals surface area contributed by atoms with Crippen LogP contribution in [0.3, 0.4) is 0 Å². The summed E-state index contributed by atoms with van der Waals surface area (Å²) in [5.74, 6) is -0.387. The molecular weight excluding hydrogens is 208 g/mol. The third kappa shape index (κ3) is 4.63. The Balaban J connectivity index is 2.57. The molecule has 0 saturated heterocycles. The highest BCUT2D eigenvalue weighted by Gasteiger charge is 1.94. The predicted octanol–water partition coefficient (Wildman–Crippen LogP) is 3.00. The van der Waals surface area contributed by atoms with Crippen LogP contribution in [-0.4, -0.2) is 12.6 Å². The van der Waals surface area contributed by atoms with Crippen LogP contribution in [0.1, 0.15) is 18.9 Å². The van der Waals surface area contributed by atoms with Crippen molar-refractivity contribution in [3.05, 3.63) is 29.8 Å². The summed E-state index contributed by atoms with van der Waals surface area (Å²) in [6.45, 7) is 4.44. The third-order valence-electron chi connectivity index (χ3n) is 1.71. The van der Waals surface area contributed by atoms with E-state index in [9.17, 15) is 4.79 Å². The van der Waals surface area contributed by atoms with Crippen molar-refractivity contribution in [3.63, 3.8) is 0 Å². The van der Waals surface area contributed by atoms with Crippen molar-refractivity contribution in [1.82, 2.24) is 0 Å². The molecule has 0 spiro atoms. The molecule has 0 heterocycles. The number of aryl methyl sites for hydroxylation is 1. The Morgan fingerprint density at radius 2 is 2.07 bits per heavy atom. The normalized spacial score (nSPS) is 9.20. The van der Waals surface area contributed by atoms with Gasteiger partial charge in [-0.1, -0.05) is 35.8 Å². The summed E-state index contributed by atoms with van der Waals surface area (Å²) in [5, 5.41) is 2.61. The van der Waals surface area contributed by atoms with Gasteiger partial charge in [-0.15, -0.1) is 0 Å². The number of carbonyl (C=O) groups excluding carboxylic acids is 1. The smallest absolute Gasteiger partial charge is 0.386 e. The fourth-order valence-electron chi connectivity index (χ4n) is 0.931. The minimum atomic E-state index is -0.387. The molecular formula is C12H14O2S. The van der Waals surface area contributed by atoms with Crippen molar-refractivity contribution in [2.24, 2.45) is 0 Å². The molecule has 0 unspecified atom stereocenters. The lowest BCUT2D eigenvalue weighted by atomic mass is 10.2. The summed E-state index contributed by atoms with van der Waals surface area (Å²) in [7, 11) is 0. The average molecular weight is 222 g/mol. The van der Waals surface area contributed by atoms with Crippen molar-refractivity contribution in [2.75, 3.05) is 6.61 Å². The summed E-state index contributed by atoms with van der Waals surface area (Å²) in [4.78, 5) is 12.1. The van der Waals surface area contributed by atoms with Crippen LogP contribution >= 0.6 is 11.2 Å². The summed E-state index contributed by atoms with van der Waals surface area (Å²) >= 11 is 1.26. The van der Waals surface area contributed by atoms with Crippen molar-refractivity contribution in [3.8, 4) is 5.18 Å². The van der Waals surface area contributed by atoms with Gasteiger partial charge in [0, 0.05) is 10.1 Å². The van der Waals surface area contributed by atoms with Gasteiger partial charge >= 0.3 is 5.97 Å². The molecule has 0 bridgehead atoms. The monoisotopic (exact) mass is 222 g/mol. The Labute approximate surface area is 93.9 Å². The SMILES string of the molecule is CCCOC(=O)C#Sc1ccc(C)cc1. The minimum absolute atomic E-state index is 0.387. The highest BCUT2D eigenvalue weighted by molar-refractivity contribution is 7.89. The van der Waals surface area contributed by atoms with Crippen molar-refractivity contribution in [1.29, 1.82) is 0 Å². The summed E-state index contributed by atoms with van der Waals surface area (Å²) in [6.07, 6.45) is 0.836. The molecule has 0 fully saturated rings. The second-order valence-electron chi connectivity index (χ2n) is 3.15. The maximum Gasteiger partial charge on any atom is 0.386 e. The Morgan fingerprint density at radius 3 is 2.67 bits per heavy atom. The van der Waals surface area contributed by atoms with Gasteiger partial charge in [0.2, 0.25) is 0 Å². The van der Waals surface area contributed by atoms with Crippen LogP contribution in [0.5, 0.6) is 0 Å². The summed E-state index contributed by atoms with van der Waals surface area (Å²) in [5.41, 5.74) is 1.20. The van der Waals surface area contributed by atoms with Crippen LogP contribution in [0.4, 0.5) is 0 Å². The van der Waals surface area contributed by atoms with E-state index in [1.54, 1.807) is 0 Å². The number of hydrogen-bond acceptors (Lipinski definition) is 2. The second kappa shape index (κ2) is 6.23. The van der Waals surface area contributed by atoms with Crippen LogP contribution in [-0.2, 0) is 9.53 Å². The van der Waals surface area contributed by atoms with Crippen LogP contribution in [0.15, 0.2) is 29.2 Å². The zero-order chi connectivity index (χ0) is 11.1. The molecule has 3 heteroatoms. The molecule has 15 heavy (non-hydrogen) atoms. The Bertz CT molecular complexity index is 384. The van der Waals surface area contributed by atoms with Gasteiger partial charge in [-0.25, -0.2) is 4.79 Å². The number of rotatable bonds is 2. The van der Waals surface area contributed by atoms with E-state index in [1.165, 1.54) is 16.7 Å². The fraction of sp³-hybridized carbons (Fsp3) is 0.333. The quantitative estimate of drug-likeness (QED) is 0.719. The number of benzene rings is 1. The van der Waals surface area contributed by atoms with Gasteiger partial charge in [-0.05, 0) is 25.5 Å². The topological polar surface area (TPSA) is 26.3 Å². The molecule has 0 amide bonds. The lowest BCUT2D eigenvalue weighted by molar-refractivity contribution is -0.136. The highest BCUT2D eigenvalue weighted by atomic mass is 32.1. The molecule has 1 rings (SSSR count). The van der Waals surface area contributed by atoms with Crippen LogP contribution in [0, 0.1) is 12.1 Å². The second-order valence-corrected chi connectivity index (χ2v) is 4.03. The van der Waals surface area contributed by atoms with Gasteiger partial charge < -0.3 is 4.74 Å². The zero-order valence-electron chi connectivity index (χ0n) is 8.95. The van der Waals surface area contributed by atoms with E-state index >= 15 is 0 Å². The Morgan fingerprint density at radius 1 is 1.40 bits per heavy atom. The first kappa shape index (κ1) is 11.8. The molecule has 0 N–H and O–H groups in total. The van der Waals surface area contributed by atoms with Gasteiger partial charge in [0.25, 0.3) is 0 Å². The number of esters is 1. The van der Waals surface area contributed by atoms with Crippen molar-refractivity contribution < 1.29 is 9.53 Å². The van der Waals surface area contributed by atoms with Crippen LogP contribution in [0.2, 0.25) is 0 Å². The van der Waals surface area contributed by atoms with E-state index in [-0.39, 0.29) is 5.97 Å². The van der Waals surface area contributed by atoms with Crippen molar-refractivity contribution >= 4 is 17.1 Å². The highest BCUT2D eigenvalue weighted by Crippen LogP contribution is 2.09. The first-order valence-corrected chi connectivity index (χ1v) is 5.70. The van der Waals surface area contributed by atoms with Crippen molar-refractivity contribution in [2.45, 2.75) is 25.2 Å². The maximum absolute atomic E-state index is 11.1. The van der Waals surface area contributed by atoms with Gasteiger partial charge in [0.05, 0.1) is 6.61 Å². The van der Waals surface area contributed by atoms with E-state index < -0.39 is 0 Å². The molecule has 0 aliphatic carbocycles. The van der Waals surface area contributed by atoms with E-state index in [4.69, 9.17) is 4.74 Å². The predicted molar refractivity (Wildman–Crippen MR) is 62.2 cm³/mol. The molecule has 0 radical (unpaired) electrons. The summed E-state index contributed by atoms with van der Waals surface area (Å²) < 4.78 is 4.87. The first-order chi connectivity index (χ1) is 7.22. The van der Waals surface area contributed by atoms with E-state index in [0.29, 0.717) is 6.61 Å². The average Bonchev–Trinajstić information content (AvgIpc) is 2.25. The van der Waals surface area contributed by atoms with E-state index in [0.717, 1.165) is 11.3 Å². The number of carbonyl (C=O) groups is 1. The zero-order valence-corrected chi connectivity index (χ0v) is 9.76. The van der Waals surface area contributed by atoms with E-state index in [2.05, 4.69) is 5.18 Å². The largest absolute Gasteiger partial charge is 0.456 e. The molecule has 2 nitrogen and oxygen atoms in total. The standard InChI is InChI=1S/C12H14O2S/c1-3-8-14-12(13)9-15-11-6-4-10(2)5-7-11/h4-7H,3,8H2,1-2H3. The van der Waals surface area contributed by atoms with Gasteiger partial charge in [0.15, 0.2) is 0 Å². The molecule has 0 saturated carbocycles. The molecule has 1 aromatic carbocycles. The number of ether oxygens (including phenoxy) is 1. The number of hydrogen-bond donors (Lipinski definition) is 0. The van der Waals surface area contributed by atoms with Crippen LogP contribution < -0.4 is 0 Å². The summed E-state index contributed by atoms with van der Waals surface area (Å²) in [6, 6.07) is 7.92.